The lowest BCUT2D eigenvalue weighted by atomic mass is 10.1. The van der Waals surface area contributed by atoms with Crippen LogP contribution in [0.3, 0.4) is 0 Å². The van der Waals surface area contributed by atoms with Crippen LogP contribution in [0.2, 0.25) is 0 Å². The predicted octanol–water partition coefficient (Wildman–Crippen LogP) is 2.05. The Morgan fingerprint density at radius 1 is 1.33 bits per heavy atom. The molecule has 1 aromatic carbocycles. The van der Waals surface area contributed by atoms with Gasteiger partial charge in [-0.25, -0.2) is 4.98 Å². The number of hydrogen-bond donors (Lipinski definition) is 2. The summed E-state index contributed by atoms with van der Waals surface area (Å²) in [6, 6.07) is 5.56. The summed E-state index contributed by atoms with van der Waals surface area (Å²) in [6.45, 7) is 4.31. The largest absolute Gasteiger partial charge is 0.486 e. The van der Waals surface area contributed by atoms with Crippen molar-refractivity contribution in [3.8, 4) is 11.5 Å². The van der Waals surface area contributed by atoms with E-state index in [1.54, 1.807) is 11.3 Å². The molecule has 1 atom stereocenters. The third kappa shape index (κ3) is 3.53. The van der Waals surface area contributed by atoms with E-state index in [0.29, 0.717) is 32.1 Å². The van der Waals surface area contributed by atoms with Crippen molar-refractivity contribution in [1.29, 1.82) is 0 Å². The first-order valence-electron chi connectivity index (χ1n) is 6.92. The summed E-state index contributed by atoms with van der Waals surface area (Å²) in [7, 11) is 0. The van der Waals surface area contributed by atoms with E-state index < -0.39 is 6.10 Å². The number of nitrogens with one attached hydrogen (secondary N) is 1. The maximum Gasteiger partial charge on any atom is 0.161 e. The van der Waals surface area contributed by atoms with Crippen LogP contribution in [0.1, 0.15) is 21.6 Å². The van der Waals surface area contributed by atoms with E-state index in [4.69, 9.17) is 9.47 Å². The van der Waals surface area contributed by atoms with Crippen LogP contribution in [0.25, 0.3) is 0 Å². The Morgan fingerprint density at radius 3 is 2.90 bits per heavy atom. The number of aromatic nitrogens is 1. The molecule has 1 aromatic heterocycles. The monoisotopic (exact) mass is 306 g/mol. The number of rotatable bonds is 5. The molecule has 2 N–H and O–H groups in total. The van der Waals surface area contributed by atoms with Gasteiger partial charge in [-0.3, -0.25) is 0 Å². The summed E-state index contributed by atoms with van der Waals surface area (Å²) in [5.74, 6) is 1.45. The maximum atomic E-state index is 10.2. The molecular formula is C15H18N2O3S. The van der Waals surface area contributed by atoms with Crippen LogP contribution in [-0.4, -0.2) is 29.8 Å². The zero-order valence-corrected chi connectivity index (χ0v) is 12.7. The third-order valence-electron chi connectivity index (χ3n) is 3.26. The van der Waals surface area contributed by atoms with Crippen molar-refractivity contribution in [2.75, 3.05) is 19.8 Å². The summed E-state index contributed by atoms with van der Waals surface area (Å²) in [5.41, 5.74) is 0.826. The number of thiazole rings is 1. The van der Waals surface area contributed by atoms with Gasteiger partial charge < -0.3 is 19.9 Å². The van der Waals surface area contributed by atoms with Crippen LogP contribution in [0.5, 0.6) is 11.5 Å². The van der Waals surface area contributed by atoms with Crippen molar-refractivity contribution < 1.29 is 14.6 Å². The highest BCUT2D eigenvalue weighted by atomic mass is 32.1. The molecule has 0 radical (unpaired) electrons. The van der Waals surface area contributed by atoms with Crippen LogP contribution in [0.15, 0.2) is 24.4 Å². The van der Waals surface area contributed by atoms with Gasteiger partial charge in [-0.1, -0.05) is 6.07 Å². The van der Waals surface area contributed by atoms with E-state index in [1.807, 2.05) is 31.3 Å². The molecule has 112 valence electrons. The van der Waals surface area contributed by atoms with Gasteiger partial charge in [0.15, 0.2) is 11.5 Å². The Kier molecular flexibility index (Phi) is 4.38. The third-order valence-corrected chi connectivity index (χ3v) is 4.17. The van der Waals surface area contributed by atoms with Crippen molar-refractivity contribution in [2.24, 2.45) is 0 Å². The van der Waals surface area contributed by atoms with Gasteiger partial charge in [0, 0.05) is 24.2 Å². The predicted molar refractivity (Wildman–Crippen MR) is 80.9 cm³/mol. The number of nitrogens with zero attached hydrogens (tertiary/aromatic N) is 1. The fraction of sp³-hybridized carbons (Fsp3) is 0.400. The van der Waals surface area contributed by atoms with E-state index in [0.717, 1.165) is 16.3 Å². The van der Waals surface area contributed by atoms with Crippen molar-refractivity contribution in [2.45, 2.75) is 19.6 Å². The first kappa shape index (κ1) is 14.3. The molecule has 0 spiro atoms. The molecular weight excluding hydrogens is 288 g/mol. The topological polar surface area (TPSA) is 63.6 Å². The second kappa shape index (κ2) is 6.43. The first-order chi connectivity index (χ1) is 10.2. The fourth-order valence-corrected chi connectivity index (χ4v) is 2.97. The molecule has 0 bridgehead atoms. The van der Waals surface area contributed by atoms with E-state index in [-0.39, 0.29) is 0 Å². The van der Waals surface area contributed by atoms with E-state index in [1.165, 1.54) is 4.88 Å². The van der Waals surface area contributed by atoms with Crippen LogP contribution < -0.4 is 14.8 Å². The smallest absolute Gasteiger partial charge is 0.161 e. The Morgan fingerprint density at radius 2 is 2.14 bits per heavy atom. The number of fused-ring (bicyclic) bond motifs is 1. The molecule has 1 aliphatic rings. The zero-order chi connectivity index (χ0) is 14.7. The van der Waals surface area contributed by atoms with Gasteiger partial charge in [-0.05, 0) is 24.6 Å². The van der Waals surface area contributed by atoms with Crippen molar-refractivity contribution in [3.63, 3.8) is 0 Å². The van der Waals surface area contributed by atoms with Gasteiger partial charge in [0.1, 0.15) is 13.2 Å². The Bertz CT molecular complexity index is 615. The van der Waals surface area contributed by atoms with E-state index >= 15 is 0 Å². The highest BCUT2D eigenvalue weighted by Crippen LogP contribution is 2.32. The molecule has 0 saturated heterocycles. The summed E-state index contributed by atoms with van der Waals surface area (Å²) in [4.78, 5) is 5.37. The molecule has 21 heavy (non-hydrogen) atoms. The lowest BCUT2D eigenvalue weighted by Gasteiger charge is -2.20. The molecule has 0 fully saturated rings. The number of hydrogen-bond acceptors (Lipinski definition) is 6. The number of ether oxygens (including phenoxy) is 2. The quantitative estimate of drug-likeness (QED) is 0.885. The molecule has 3 rings (SSSR count). The van der Waals surface area contributed by atoms with Gasteiger partial charge in [0.05, 0.1) is 11.1 Å². The van der Waals surface area contributed by atoms with Crippen LogP contribution in [0.4, 0.5) is 0 Å². The Hall–Kier alpha value is -1.63. The lowest BCUT2D eigenvalue weighted by Crippen LogP contribution is -2.21. The van der Waals surface area contributed by atoms with E-state index in [2.05, 4.69) is 10.3 Å². The van der Waals surface area contributed by atoms with Crippen molar-refractivity contribution >= 4 is 11.3 Å². The number of aryl methyl sites for hydroxylation is 1. The molecule has 0 aliphatic carbocycles. The average Bonchev–Trinajstić information content (AvgIpc) is 2.92. The number of aliphatic hydroxyl groups excluding tert-OH is 1. The summed E-state index contributed by atoms with van der Waals surface area (Å²) in [5, 5.41) is 14.5. The lowest BCUT2D eigenvalue weighted by molar-refractivity contribution is 0.163. The Balaban J connectivity index is 1.56. The highest BCUT2D eigenvalue weighted by Gasteiger charge is 2.15. The van der Waals surface area contributed by atoms with Gasteiger partial charge in [0.2, 0.25) is 0 Å². The molecule has 1 unspecified atom stereocenters. The fourth-order valence-electron chi connectivity index (χ4n) is 2.20. The average molecular weight is 306 g/mol. The van der Waals surface area contributed by atoms with Gasteiger partial charge in [0.25, 0.3) is 0 Å². The number of aliphatic hydroxyl groups is 1. The minimum atomic E-state index is -0.574. The minimum Gasteiger partial charge on any atom is -0.486 e. The van der Waals surface area contributed by atoms with E-state index in [9.17, 15) is 5.11 Å². The second-order valence-electron chi connectivity index (χ2n) is 4.90. The summed E-state index contributed by atoms with van der Waals surface area (Å²) >= 11 is 1.66. The molecule has 1 aliphatic heterocycles. The van der Waals surface area contributed by atoms with Crippen molar-refractivity contribution in [3.05, 3.63) is 39.8 Å². The van der Waals surface area contributed by atoms with Crippen LogP contribution >= 0.6 is 11.3 Å². The summed E-state index contributed by atoms with van der Waals surface area (Å²) in [6.07, 6.45) is 1.29. The molecule has 6 heteroatoms. The highest BCUT2D eigenvalue weighted by molar-refractivity contribution is 7.11. The zero-order valence-electron chi connectivity index (χ0n) is 11.8. The molecule has 2 aromatic rings. The van der Waals surface area contributed by atoms with Gasteiger partial charge in [-0.2, -0.15) is 0 Å². The molecule has 0 amide bonds. The summed E-state index contributed by atoms with van der Waals surface area (Å²) < 4.78 is 11.0. The molecule has 0 saturated carbocycles. The second-order valence-corrected chi connectivity index (χ2v) is 6.21. The Labute approximate surface area is 127 Å². The SMILES string of the molecule is Cc1ncc(CNCC(O)c2ccc3c(c2)OCCO3)s1. The van der Waals surface area contributed by atoms with Gasteiger partial charge >= 0.3 is 0 Å². The normalized spacial score (nSPS) is 15.0. The standard InChI is InChI=1S/C15H18N2O3S/c1-10-17-8-12(21-10)7-16-9-13(18)11-2-3-14-15(6-11)20-5-4-19-14/h2-3,6,8,13,16,18H,4-5,7,9H2,1H3. The maximum absolute atomic E-state index is 10.2. The van der Waals surface area contributed by atoms with Crippen LogP contribution in [0, 0.1) is 6.92 Å². The van der Waals surface area contributed by atoms with Crippen molar-refractivity contribution in [1.82, 2.24) is 10.3 Å². The number of benzene rings is 1. The first-order valence-corrected chi connectivity index (χ1v) is 7.73. The van der Waals surface area contributed by atoms with Gasteiger partial charge in [-0.15, -0.1) is 11.3 Å². The minimum absolute atomic E-state index is 0.483. The molecule has 5 nitrogen and oxygen atoms in total. The van der Waals surface area contributed by atoms with Crippen LogP contribution in [-0.2, 0) is 6.54 Å². The molecule has 2 heterocycles.